The number of pyridine rings is 1. The lowest BCUT2D eigenvalue weighted by Crippen LogP contribution is -1.93. The minimum Gasteiger partial charge on any atom is -0.309 e. The molecule has 4 heteroatoms. The molecule has 3 aromatic heterocycles. The van der Waals surface area contributed by atoms with Crippen LogP contribution in [0.25, 0.3) is 81.0 Å². The fourth-order valence-electron chi connectivity index (χ4n) is 6.70. The third-order valence-corrected chi connectivity index (χ3v) is 10.3. The number of halogens is 1. The second-order valence-electron chi connectivity index (χ2n) is 11.4. The van der Waals surface area contributed by atoms with Crippen molar-refractivity contribution in [1.29, 1.82) is 0 Å². The summed E-state index contributed by atoms with van der Waals surface area (Å²) in [6.07, 6.45) is 3.75. The Balaban J connectivity index is 1.25. The van der Waals surface area contributed by atoms with Crippen LogP contribution < -0.4 is 0 Å². The second kappa shape index (κ2) is 10.6. The van der Waals surface area contributed by atoms with Gasteiger partial charge in [0.1, 0.15) is 0 Å². The van der Waals surface area contributed by atoms with E-state index < -0.39 is 0 Å². The molecule has 3 heterocycles. The predicted molar refractivity (Wildman–Crippen MR) is 195 cm³/mol. The van der Waals surface area contributed by atoms with Gasteiger partial charge in [-0.05, 0) is 94.5 Å². The van der Waals surface area contributed by atoms with Crippen molar-refractivity contribution in [3.63, 3.8) is 0 Å². The van der Waals surface area contributed by atoms with Crippen molar-refractivity contribution >= 4 is 69.2 Å². The summed E-state index contributed by atoms with van der Waals surface area (Å²) in [5.41, 5.74) is 10.6. The molecule has 0 bridgehead atoms. The molecular weight excluding hydrogens is 632 g/mol. The van der Waals surface area contributed by atoms with Crippen LogP contribution in [0.2, 0.25) is 0 Å². The normalized spacial score (nSPS) is 11.7. The summed E-state index contributed by atoms with van der Waals surface area (Å²) in [6.45, 7) is 0. The molecule has 0 unspecified atom stereocenters. The van der Waals surface area contributed by atoms with Crippen molar-refractivity contribution < 1.29 is 0 Å². The Labute approximate surface area is 273 Å². The summed E-state index contributed by atoms with van der Waals surface area (Å²) in [5.74, 6) is 0. The van der Waals surface area contributed by atoms with Gasteiger partial charge in [0.15, 0.2) is 0 Å². The third kappa shape index (κ3) is 4.40. The molecule has 0 fully saturated rings. The van der Waals surface area contributed by atoms with Gasteiger partial charge in [-0.3, -0.25) is 4.98 Å². The van der Waals surface area contributed by atoms with Gasteiger partial charge in [0, 0.05) is 59.1 Å². The number of benzene rings is 6. The Morgan fingerprint density at radius 1 is 0.511 bits per heavy atom. The van der Waals surface area contributed by atoms with Gasteiger partial charge in [-0.2, -0.15) is 0 Å². The molecular formula is C41H25BrN2S. The van der Waals surface area contributed by atoms with Gasteiger partial charge >= 0.3 is 0 Å². The maximum absolute atomic E-state index is 4.36. The minimum atomic E-state index is 1.07. The highest BCUT2D eigenvalue weighted by Gasteiger charge is 2.16. The van der Waals surface area contributed by atoms with E-state index in [1.807, 2.05) is 29.8 Å². The number of fused-ring (bicyclic) bond motifs is 6. The van der Waals surface area contributed by atoms with Crippen LogP contribution in [0.15, 0.2) is 156 Å². The van der Waals surface area contributed by atoms with Gasteiger partial charge in [0.2, 0.25) is 0 Å². The van der Waals surface area contributed by atoms with Crippen LogP contribution in [0.5, 0.6) is 0 Å². The molecule has 0 amide bonds. The van der Waals surface area contributed by atoms with E-state index in [1.54, 1.807) is 0 Å². The molecule has 9 rings (SSSR count). The highest BCUT2D eigenvalue weighted by molar-refractivity contribution is 9.10. The standard InChI is InChI=1S/C41H25BrN2S/c42-31-21-29(20-30(22-31)33-12-6-14-40-41(33)35-11-4-5-13-39(35)45-40)26-16-18-37-36(23-26)34-17-15-27(28-8-7-19-43-25-28)24-38(34)44(37)32-9-2-1-3-10-32/h1-25H. The zero-order valence-electron chi connectivity index (χ0n) is 24.1. The Morgan fingerprint density at radius 2 is 1.31 bits per heavy atom. The second-order valence-corrected chi connectivity index (χ2v) is 13.4. The lowest BCUT2D eigenvalue weighted by molar-refractivity contribution is 1.18. The van der Waals surface area contributed by atoms with Crippen molar-refractivity contribution in [1.82, 2.24) is 9.55 Å². The van der Waals surface area contributed by atoms with Gasteiger partial charge in [0.25, 0.3) is 0 Å². The zero-order chi connectivity index (χ0) is 29.9. The molecule has 9 aromatic rings. The Kier molecular flexibility index (Phi) is 6.19. The van der Waals surface area contributed by atoms with Crippen molar-refractivity contribution in [3.8, 4) is 39.1 Å². The molecule has 0 aliphatic carbocycles. The van der Waals surface area contributed by atoms with Crippen molar-refractivity contribution in [3.05, 3.63) is 156 Å². The average molecular weight is 658 g/mol. The molecule has 0 aliphatic heterocycles. The smallest absolute Gasteiger partial charge is 0.0547 e. The number of aromatic nitrogens is 2. The average Bonchev–Trinajstić information content (AvgIpc) is 3.64. The molecule has 2 nitrogen and oxygen atoms in total. The molecule has 6 aromatic carbocycles. The van der Waals surface area contributed by atoms with Crippen molar-refractivity contribution in [2.45, 2.75) is 0 Å². The zero-order valence-corrected chi connectivity index (χ0v) is 26.5. The molecule has 0 atom stereocenters. The third-order valence-electron chi connectivity index (χ3n) is 8.72. The van der Waals surface area contributed by atoms with Crippen LogP contribution in [0.3, 0.4) is 0 Å². The first kappa shape index (κ1) is 26.4. The predicted octanol–water partition coefficient (Wildman–Crippen LogP) is 12.3. The first-order valence-electron chi connectivity index (χ1n) is 15.0. The first-order valence-corrected chi connectivity index (χ1v) is 16.6. The van der Waals surface area contributed by atoms with Gasteiger partial charge in [-0.1, -0.05) is 88.7 Å². The van der Waals surface area contributed by atoms with E-state index >= 15 is 0 Å². The lowest BCUT2D eigenvalue weighted by Gasteiger charge is -2.11. The Morgan fingerprint density at radius 3 is 2.20 bits per heavy atom. The van der Waals surface area contributed by atoms with Crippen molar-refractivity contribution in [2.75, 3.05) is 0 Å². The summed E-state index contributed by atoms with van der Waals surface area (Å²) in [7, 11) is 0. The van der Waals surface area contributed by atoms with E-state index in [0.29, 0.717) is 0 Å². The van der Waals surface area contributed by atoms with E-state index in [2.05, 4.69) is 159 Å². The molecule has 45 heavy (non-hydrogen) atoms. The van der Waals surface area contributed by atoms with Gasteiger partial charge in [0.05, 0.1) is 11.0 Å². The summed E-state index contributed by atoms with van der Waals surface area (Å²) >= 11 is 5.72. The number of para-hydroxylation sites is 1. The highest BCUT2D eigenvalue weighted by Crippen LogP contribution is 2.42. The highest BCUT2D eigenvalue weighted by atomic mass is 79.9. The van der Waals surface area contributed by atoms with Crippen LogP contribution >= 0.6 is 27.3 Å². The summed E-state index contributed by atoms with van der Waals surface area (Å²) < 4.78 is 6.08. The molecule has 0 N–H and O–H groups in total. The van der Waals surface area contributed by atoms with Crippen LogP contribution in [0, 0.1) is 0 Å². The van der Waals surface area contributed by atoms with Crippen molar-refractivity contribution in [2.24, 2.45) is 0 Å². The van der Waals surface area contributed by atoms with Gasteiger partial charge in [-0.15, -0.1) is 11.3 Å². The summed E-state index contributed by atoms with van der Waals surface area (Å²) in [4.78, 5) is 4.36. The van der Waals surface area contributed by atoms with Crippen LogP contribution in [0.4, 0.5) is 0 Å². The summed E-state index contributed by atoms with van der Waals surface area (Å²) in [5, 5.41) is 5.10. The topological polar surface area (TPSA) is 17.8 Å². The molecule has 0 radical (unpaired) electrons. The van der Waals surface area contributed by atoms with Gasteiger partial charge in [-0.25, -0.2) is 0 Å². The molecule has 212 valence electrons. The van der Waals surface area contributed by atoms with E-state index in [-0.39, 0.29) is 0 Å². The summed E-state index contributed by atoms with van der Waals surface area (Å²) in [6, 6.07) is 50.6. The number of hydrogen-bond donors (Lipinski definition) is 0. The fraction of sp³-hybridized carbons (Fsp3) is 0. The largest absolute Gasteiger partial charge is 0.309 e. The number of nitrogens with zero attached hydrogens (tertiary/aromatic N) is 2. The van der Waals surface area contributed by atoms with Crippen LogP contribution in [-0.4, -0.2) is 9.55 Å². The lowest BCUT2D eigenvalue weighted by atomic mass is 9.95. The monoisotopic (exact) mass is 656 g/mol. The van der Waals surface area contributed by atoms with Gasteiger partial charge < -0.3 is 4.57 Å². The SMILES string of the molecule is Brc1cc(-c2ccc3c(c2)c2ccc(-c4cccnc4)cc2n3-c2ccccc2)cc(-c2cccc3sc4ccccc4c23)c1. The van der Waals surface area contributed by atoms with E-state index in [0.717, 1.165) is 21.3 Å². The Bertz CT molecular complexity index is 2550. The number of hydrogen-bond acceptors (Lipinski definition) is 2. The number of thiophene rings is 1. The molecule has 0 saturated carbocycles. The van der Waals surface area contributed by atoms with E-state index in [4.69, 9.17) is 0 Å². The first-order chi connectivity index (χ1) is 22.2. The van der Waals surface area contributed by atoms with Crippen LogP contribution in [-0.2, 0) is 0 Å². The molecule has 0 saturated heterocycles. The molecule has 0 spiro atoms. The van der Waals surface area contributed by atoms with E-state index in [9.17, 15) is 0 Å². The van der Waals surface area contributed by atoms with Crippen LogP contribution in [0.1, 0.15) is 0 Å². The van der Waals surface area contributed by atoms with E-state index in [1.165, 1.54) is 64.2 Å². The number of rotatable bonds is 4. The quantitative estimate of drug-likeness (QED) is 0.184. The Hall–Kier alpha value is -5.03. The molecule has 0 aliphatic rings. The fourth-order valence-corrected chi connectivity index (χ4v) is 8.32. The minimum absolute atomic E-state index is 1.07. The maximum atomic E-state index is 4.36. The maximum Gasteiger partial charge on any atom is 0.0547 e.